The number of ether oxygens (including phenoxy) is 2. The minimum atomic E-state index is -0.589. The van der Waals surface area contributed by atoms with Crippen molar-refractivity contribution < 1.29 is 9.47 Å². The normalized spacial score (nSPS) is 11.4. The minimum Gasteiger partial charge on any atom is -0.350 e. The Bertz CT molecular complexity index is 875. The van der Waals surface area contributed by atoms with Crippen LogP contribution in [-0.2, 0) is 9.47 Å². The van der Waals surface area contributed by atoms with Gasteiger partial charge in [-0.15, -0.1) is 0 Å². The molecule has 3 rings (SSSR count). The Kier molecular flexibility index (Phi) is 4.81. The molecule has 1 aromatic heterocycles. The van der Waals surface area contributed by atoms with Gasteiger partial charge in [-0.05, 0) is 49.2 Å². The molecule has 0 aliphatic heterocycles. The van der Waals surface area contributed by atoms with E-state index in [-0.39, 0.29) is 0 Å². The van der Waals surface area contributed by atoms with Gasteiger partial charge in [-0.1, -0.05) is 23.7 Å². The average molecular weight is 343 g/mol. The van der Waals surface area contributed by atoms with Crippen LogP contribution in [0.4, 0.5) is 0 Å². The summed E-state index contributed by atoms with van der Waals surface area (Å²) in [6.45, 7) is 4.13. The second kappa shape index (κ2) is 6.85. The molecule has 0 unspecified atom stereocenters. The Morgan fingerprint density at radius 2 is 1.42 bits per heavy atom. The lowest BCUT2D eigenvalue weighted by Crippen LogP contribution is -2.10. The molecule has 0 amide bonds. The third-order valence-electron chi connectivity index (χ3n) is 4.08. The van der Waals surface area contributed by atoms with Crippen LogP contribution in [0.3, 0.4) is 0 Å². The predicted octanol–water partition coefficient (Wildman–Crippen LogP) is 4.86. The number of benzene rings is 2. The first-order valence-electron chi connectivity index (χ1n) is 7.64. The van der Waals surface area contributed by atoms with E-state index in [0.717, 1.165) is 22.3 Å². The molecule has 0 fully saturated rings. The number of fused-ring (bicyclic) bond motifs is 1. The van der Waals surface area contributed by atoms with Gasteiger partial charge < -0.3 is 9.47 Å². The van der Waals surface area contributed by atoms with Crippen molar-refractivity contribution in [3.05, 3.63) is 58.2 Å². The molecule has 0 atom stereocenters. The molecular weight excluding hydrogens is 324 g/mol. The summed E-state index contributed by atoms with van der Waals surface area (Å²) in [5.74, 6) is 0. The van der Waals surface area contributed by atoms with Crippen LogP contribution in [0.25, 0.3) is 22.3 Å². The Labute approximate surface area is 146 Å². The second-order valence-corrected chi connectivity index (χ2v) is 6.13. The highest BCUT2D eigenvalue weighted by molar-refractivity contribution is 6.30. The Morgan fingerprint density at radius 3 is 1.96 bits per heavy atom. The third-order valence-corrected chi connectivity index (χ3v) is 4.33. The minimum absolute atomic E-state index is 0.589. The van der Waals surface area contributed by atoms with Crippen LogP contribution in [0, 0.1) is 13.8 Å². The molecule has 0 saturated heterocycles. The monoisotopic (exact) mass is 342 g/mol. The van der Waals surface area contributed by atoms with Crippen LogP contribution in [0.5, 0.6) is 0 Å². The lowest BCUT2D eigenvalue weighted by Gasteiger charge is -2.17. The van der Waals surface area contributed by atoms with Crippen LogP contribution < -0.4 is 0 Å². The van der Waals surface area contributed by atoms with Crippen molar-refractivity contribution in [1.82, 2.24) is 9.97 Å². The molecule has 24 heavy (non-hydrogen) atoms. The first-order valence-corrected chi connectivity index (χ1v) is 8.01. The van der Waals surface area contributed by atoms with Crippen LogP contribution in [0.2, 0.25) is 5.02 Å². The van der Waals surface area contributed by atoms with E-state index in [0.29, 0.717) is 10.7 Å². The topological polar surface area (TPSA) is 44.2 Å². The van der Waals surface area contributed by atoms with Crippen molar-refractivity contribution in [3.63, 3.8) is 0 Å². The van der Waals surface area contributed by atoms with Crippen LogP contribution in [-0.4, -0.2) is 24.2 Å². The van der Waals surface area contributed by atoms with E-state index >= 15 is 0 Å². The molecule has 1 heterocycles. The molecule has 0 aliphatic carbocycles. The lowest BCUT2D eigenvalue weighted by atomic mass is 10.1. The average Bonchev–Trinajstić information content (AvgIpc) is 2.58. The van der Waals surface area contributed by atoms with E-state index in [9.17, 15) is 0 Å². The summed E-state index contributed by atoms with van der Waals surface area (Å²) in [7, 11) is 3.18. The number of nitrogens with zero attached hydrogens (tertiary/aromatic N) is 2. The number of methoxy groups -OCH3 is 2. The van der Waals surface area contributed by atoms with Gasteiger partial charge in [0.25, 0.3) is 0 Å². The molecular formula is C19H19ClN2O2. The fourth-order valence-corrected chi connectivity index (χ4v) is 2.76. The molecule has 124 valence electrons. The zero-order valence-corrected chi connectivity index (χ0v) is 14.9. The molecule has 2 aromatic carbocycles. The van der Waals surface area contributed by atoms with Crippen molar-refractivity contribution in [2.75, 3.05) is 14.2 Å². The van der Waals surface area contributed by atoms with Gasteiger partial charge in [0, 0.05) is 24.8 Å². The zero-order valence-electron chi connectivity index (χ0n) is 14.1. The fraction of sp³-hybridized carbons (Fsp3) is 0.263. The maximum Gasteiger partial charge on any atom is 0.202 e. The number of aromatic nitrogens is 2. The molecule has 0 spiro atoms. The summed E-state index contributed by atoms with van der Waals surface area (Å²) in [5, 5.41) is 0.676. The van der Waals surface area contributed by atoms with Gasteiger partial charge >= 0.3 is 0 Å². The van der Waals surface area contributed by atoms with Gasteiger partial charge in [0.15, 0.2) is 0 Å². The van der Waals surface area contributed by atoms with Crippen LogP contribution in [0.1, 0.15) is 23.1 Å². The number of hydrogen-bond donors (Lipinski definition) is 0. The van der Waals surface area contributed by atoms with E-state index in [1.165, 1.54) is 11.1 Å². The van der Waals surface area contributed by atoms with Gasteiger partial charge in [-0.2, -0.15) is 0 Å². The van der Waals surface area contributed by atoms with E-state index in [4.69, 9.17) is 31.0 Å². The SMILES string of the molecule is COC(OC)c1nc2cc(C)c(C)cc2nc1-c1ccc(Cl)cc1. The van der Waals surface area contributed by atoms with Gasteiger partial charge in [-0.3, -0.25) is 0 Å². The summed E-state index contributed by atoms with van der Waals surface area (Å²) in [4.78, 5) is 9.60. The summed E-state index contributed by atoms with van der Waals surface area (Å²) >= 11 is 6.00. The first-order chi connectivity index (χ1) is 11.5. The zero-order chi connectivity index (χ0) is 17.3. The fourth-order valence-electron chi connectivity index (χ4n) is 2.63. The molecule has 0 bridgehead atoms. The lowest BCUT2D eigenvalue weighted by molar-refractivity contribution is -0.108. The standard InChI is InChI=1S/C19H19ClN2O2/c1-11-9-15-16(10-12(11)2)22-18(19(23-3)24-4)17(21-15)13-5-7-14(20)8-6-13/h5-10,19H,1-4H3. The van der Waals surface area contributed by atoms with Gasteiger partial charge in [-0.25, -0.2) is 9.97 Å². The highest BCUT2D eigenvalue weighted by Gasteiger charge is 2.20. The molecule has 0 aliphatic rings. The largest absolute Gasteiger partial charge is 0.350 e. The highest BCUT2D eigenvalue weighted by atomic mass is 35.5. The first kappa shape index (κ1) is 16.8. The molecule has 0 N–H and O–H groups in total. The predicted molar refractivity (Wildman–Crippen MR) is 96.2 cm³/mol. The van der Waals surface area contributed by atoms with Crippen molar-refractivity contribution in [3.8, 4) is 11.3 Å². The van der Waals surface area contributed by atoms with Gasteiger partial charge in [0.05, 0.1) is 16.7 Å². The molecule has 5 heteroatoms. The van der Waals surface area contributed by atoms with E-state index in [2.05, 4.69) is 19.9 Å². The summed E-state index contributed by atoms with van der Waals surface area (Å²) in [5.41, 5.74) is 6.33. The van der Waals surface area contributed by atoms with E-state index in [1.807, 2.05) is 30.3 Å². The van der Waals surface area contributed by atoms with E-state index < -0.39 is 6.29 Å². The van der Waals surface area contributed by atoms with Gasteiger partial charge in [0.1, 0.15) is 5.69 Å². The van der Waals surface area contributed by atoms with E-state index in [1.54, 1.807) is 14.2 Å². The quantitative estimate of drug-likeness (QED) is 0.635. The molecule has 0 saturated carbocycles. The van der Waals surface area contributed by atoms with Crippen molar-refractivity contribution >= 4 is 22.6 Å². The smallest absolute Gasteiger partial charge is 0.202 e. The molecule has 4 nitrogen and oxygen atoms in total. The summed E-state index contributed by atoms with van der Waals surface area (Å²) in [6.07, 6.45) is -0.589. The number of aryl methyl sites for hydroxylation is 2. The molecule has 3 aromatic rings. The number of rotatable bonds is 4. The third kappa shape index (κ3) is 3.13. The number of halogens is 1. The summed E-state index contributed by atoms with van der Waals surface area (Å²) < 4.78 is 10.8. The maximum absolute atomic E-state index is 6.00. The Balaban J connectivity index is 2.29. The van der Waals surface area contributed by atoms with Crippen molar-refractivity contribution in [2.45, 2.75) is 20.1 Å². The van der Waals surface area contributed by atoms with Crippen LogP contribution in [0.15, 0.2) is 36.4 Å². The second-order valence-electron chi connectivity index (χ2n) is 5.69. The maximum atomic E-state index is 6.00. The van der Waals surface area contributed by atoms with Crippen molar-refractivity contribution in [2.24, 2.45) is 0 Å². The van der Waals surface area contributed by atoms with Crippen LogP contribution >= 0.6 is 11.6 Å². The Morgan fingerprint density at radius 1 is 0.875 bits per heavy atom. The Hall–Kier alpha value is -2.01. The highest BCUT2D eigenvalue weighted by Crippen LogP contribution is 2.30. The molecule has 0 radical (unpaired) electrons. The van der Waals surface area contributed by atoms with Gasteiger partial charge in [0.2, 0.25) is 6.29 Å². The summed E-state index contributed by atoms with van der Waals surface area (Å²) in [6, 6.07) is 11.6. The number of hydrogen-bond acceptors (Lipinski definition) is 4. The van der Waals surface area contributed by atoms with Crippen molar-refractivity contribution in [1.29, 1.82) is 0 Å².